The number of hydrogen-bond acceptors (Lipinski definition) is 6. The minimum Gasteiger partial charge on any atom is -0.493 e. The molecule has 2 N–H and O–H groups in total. The molecule has 3 rings (SSSR count). The van der Waals surface area contributed by atoms with Crippen molar-refractivity contribution in [2.45, 2.75) is 19.0 Å². The Morgan fingerprint density at radius 1 is 1.28 bits per heavy atom. The second kappa shape index (κ2) is 6.78. The molecule has 0 amide bonds. The van der Waals surface area contributed by atoms with Crippen LogP contribution in [0.4, 0.5) is 5.69 Å². The summed E-state index contributed by atoms with van der Waals surface area (Å²) in [4.78, 5) is 21.5. The van der Waals surface area contributed by atoms with Crippen LogP contribution in [0.2, 0.25) is 0 Å². The van der Waals surface area contributed by atoms with Gasteiger partial charge in [0.1, 0.15) is 11.8 Å². The van der Waals surface area contributed by atoms with Gasteiger partial charge in [-0.15, -0.1) is 0 Å². The number of methoxy groups -OCH3 is 1. The molecule has 8 heteroatoms. The van der Waals surface area contributed by atoms with E-state index in [1.54, 1.807) is 6.07 Å². The second-order valence-electron chi connectivity index (χ2n) is 5.56. The first kappa shape index (κ1) is 16.7. The van der Waals surface area contributed by atoms with Gasteiger partial charge in [-0.25, -0.2) is 0 Å². The van der Waals surface area contributed by atoms with Crippen LogP contribution in [0, 0.1) is 10.1 Å². The summed E-state index contributed by atoms with van der Waals surface area (Å²) in [6.45, 7) is 0.410. The summed E-state index contributed by atoms with van der Waals surface area (Å²) >= 11 is 0. The molecule has 0 saturated heterocycles. The van der Waals surface area contributed by atoms with Gasteiger partial charge in [-0.2, -0.15) is 0 Å². The minimum absolute atomic E-state index is 0.0375. The number of nitrogens with zero attached hydrogens (tertiary/aromatic N) is 1. The van der Waals surface area contributed by atoms with Gasteiger partial charge in [0.2, 0.25) is 0 Å². The predicted octanol–water partition coefficient (Wildman–Crippen LogP) is 2.49. The first-order valence-electron chi connectivity index (χ1n) is 7.57. The fraction of sp³-hybridized carbons (Fsp3) is 0.235. The number of non-ortho nitro benzene ring substituents is 1. The summed E-state index contributed by atoms with van der Waals surface area (Å²) in [5.41, 5.74) is 1.64. The van der Waals surface area contributed by atoms with Gasteiger partial charge >= 0.3 is 5.97 Å². The van der Waals surface area contributed by atoms with Gasteiger partial charge in [0.25, 0.3) is 5.69 Å². The van der Waals surface area contributed by atoms with E-state index in [4.69, 9.17) is 9.47 Å². The molecule has 0 fully saturated rings. The van der Waals surface area contributed by atoms with Crippen molar-refractivity contribution in [1.29, 1.82) is 0 Å². The summed E-state index contributed by atoms with van der Waals surface area (Å²) < 4.78 is 11.2. The number of ether oxygens (including phenoxy) is 2. The van der Waals surface area contributed by atoms with Crippen molar-refractivity contribution in [1.82, 2.24) is 5.32 Å². The fourth-order valence-corrected chi connectivity index (χ4v) is 2.75. The van der Waals surface area contributed by atoms with Gasteiger partial charge < -0.3 is 19.9 Å². The zero-order valence-electron chi connectivity index (χ0n) is 13.4. The molecule has 130 valence electrons. The van der Waals surface area contributed by atoms with E-state index >= 15 is 0 Å². The van der Waals surface area contributed by atoms with Crippen molar-refractivity contribution in [3.05, 3.63) is 57.6 Å². The third-order valence-corrected chi connectivity index (χ3v) is 4.05. The standard InChI is InChI=1S/C17H16N2O6/c1-24-15-7-2-10-9-18-14(17(20)21)8-13(10)16(15)25-12-5-3-11(4-6-12)19(22)23/h2-7,14,18H,8-9H2,1H3,(H,20,21). The number of carboxylic acid groups (broad SMARTS) is 1. The van der Waals surface area contributed by atoms with Crippen LogP contribution in [0.1, 0.15) is 11.1 Å². The second-order valence-corrected chi connectivity index (χ2v) is 5.56. The maximum absolute atomic E-state index is 11.3. The maximum Gasteiger partial charge on any atom is 0.321 e. The maximum atomic E-state index is 11.3. The van der Waals surface area contributed by atoms with Crippen LogP contribution >= 0.6 is 0 Å². The Balaban J connectivity index is 1.97. The van der Waals surface area contributed by atoms with Crippen LogP contribution in [-0.2, 0) is 17.8 Å². The van der Waals surface area contributed by atoms with Crippen LogP contribution in [0.15, 0.2) is 36.4 Å². The molecule has 1 heterocycles. The molecule has 2 aromatic carbocycles. The topological polar surface area (TPSA) is 111 Å². The number of nitrogens with one attached hydrogen (secondary N) is 1. The summed E-state index contributed by atoms with van der Waals surface area (Å²) in [7, 11) is 1.50. The molecule has 0 aromatic heterocycles. The van der Waals surface area contributed by atoms with E-state index in [0.29, 0.717) is 23.8 Å². The fourth-order valence-electron chi connectivity index (χ4n) is 2.75. The molecule has 1 aliphatic heterocycles. The molecule has 0 saturated carbocycles. The summed E-state index contributed by atoms with van der Waals surface area (Å²) in [5, 5.41) is 23.0. The molecule has 0 radical (unpaired) electrons. The van der Waals surface area contributed by atoms with Crippen LogP contribution in [-0.4, -0.2) is 29.2 Å². The normalized spacial score (nSPS) is 16.0. The SMILES string of the molecule is COc1ccc2c(c1Oc1ccc([N+](=O)[O-])cc1)CC(C(=O)O)NC2. The van der Waals surface area contributed by atoms with Crippen molar-refractivity contribution < 1.29 is 24.3 Å². The minimum atomic E-state index is -0.935. The van der Waals surface area contributed by atoms with Gasteiger partial charge in [-0.3, -0.25) is 14.9 Å². The summed E-state index contributed by atoms with van der Waals surface area (Å²) in [6, 6.07) is 8.58. The lowest BCUT2D eigenvalue weighted by molar-refractivity contribution is -0.384. The number of nitro groups is 1. The monoisotopic (exact) mass is 344 g/mol. The van der Waals surface area contributed by atoms with Crippen molar-refractivity contribution in [3.63, 3.8) is 0 Å². The van der Waals surface area contributed by atoms with E-state index in [2.05, 4.69) is 5.32 Å². The first-order chi connectivity index (χ1) is 12.0. The third kappa shape index (κ3) is 3.38. The van der Waals surface area contributed by atoms with Gasteiger partial charge in [0, 0.05) is 30.7 Å². The third-order valence-electron chi connectivity index (χ3n) is 4.05. The lowest BCUT2D eigenvalue weighted by Crippen LogP contribution is -2.41. The average molecular weight is 344 g/mol. The van der Waals surface area contributed by atoms with E-state index in [9.17, 15) is 20.0 Å². The molecule has 1 aliphatic rings. The molecular weight excluding hydrogens is 328 g/mol. The Morgan fingerprint density at radius 2 is 2.00 bits per heavy atom. The first-order valence-corrected chi connectivity index (χ1v) is 7.57. The quantitative estimate of drug-likeness (QED) is 0.633. The zero-order chi connectivity index (χ0) is 18.0. The Kier molecular flexibility index (Phi) is 4.53. The smallest absolute Gasteiger partial charge is 0.321 e. The number of benzene rings is 2. The molecule has 8 nitrogen and oxygen atoms in total. The number of hydrogen-bond donors (Lipinski definition) is 2. The van der Waals surface area contributed by atoms with Crippen molar-refractivity contribution in [2.75, 3.05) is 7.11 Å². The van der Waals surface area contributed by atoms with Crippen molar-refractivity contribution >= 4 is 11.7 Å². The van der Waals surface area contributed by atoms with E-state index in [-0.39, 0.29) is 12.1 Å². The molecular formula is C17H16N2O6. The van der Waals surface area contributed by atoms with Crippen LogP contribution in [0.3, 0.4) is 0 Å². The molecule has 2 aromatic rings. The van der Waals surface area contributed by atoms with E-state index in [0.717, 1.165) is 11.1 Å². The van der Waals surface area contributed by atoms with Crippen LogP contribution < -0.4 is 14.8 Å². The number of aliphatic carboxylic acids is 1. The molecule has 0 aliphatic carbocycles. The average Bonchev–Trinajstić information content (AvgIpc) is 2.62. The Bertz CT molecular complexity index is 819. The van der Waals surface area contributed by atoms with Gasteiger partial charge in [-0.1, -0.05) is 6.07 Å². The number of fused-ring (bicyclic) bond motifs is 1. The summed E-state index contributed by atoms with van der Waals surface area (Å²) in [6.07, 6.45) is 0.254. The Morgan fingerprint density at radius 3 is 2.60 bits per heavy atom. The highest BCUT2D eigenvalue weighted by molar-refractivity contribution is 5.75. The molecule has 1 atom stereocenters. The highest BCUT2D eigenvalue weighted by atomic mass is 16.6. The van der Waals surface area contributed by atoms with Crippen molar-refractivity contribution in [3.8, 4) is 17.2 Å². The zero-order valence-corrected chi connectivity index (χ0v) is 13.4. The van der Waals surface area contributed by atoms with E-state index in [1.165, 1.54) is 31.4 Å². The predicted molar refractivity (Wildman–Crippen MR) is 88.1 cm³/mol. The number of rotatable bonds is 5. The Labute approximate surface area is 143 Å². The van der Waals surface area contributed by atoms with Crippen LogP contribution in [0.25, 0.3) is 0 Å². The van der Waals surface area contributed by atoms with Crippen molar-refractivity contribution in [2.24, 2.45) is 0 Å². The van der Waals surface area contributed by atoms with E-state index in [1.807, 2.05) is 6.07 Å². The summed E-state index contributed by atoms with van der Waals surface area (Å²) in [5.74, 6) is 0.377. The van der Waals surface area contributed by atoms with E-state index < -0.39 is 16.9 Å². The van der Waals surface area contributed by atoms with Gasteiger partial charge in [0.15, 0.2) is 11.5 Å². The number of carbonyl (C=O) groups is 1. The lowest BCUT2D eigenvalue weighted by Gasteiger charge is -2.26. The molecule has 0 spiro atoms. The number of carboxylic acids is 1. The Hall–Kier alpha value is -3.13. The lowest BCUT2D eigenvalue weighted by atomic mass is 9.94. The largest absolute Gasteiger partial charge is 0.493 e. The molecule has 25 heavy (non-hydrogen) atoms. The van der Waals surface area contributed by atoms with Gasteiger partial charge in [0.05, 0.1) is 12.0 Å². The highest BCUT2D eigenvalue weighted by Gasteiger charge is 2.28. The number of nitro benzene ring substituents is 1. The van der Waals surface area contributed by atoms with Gasteiger partial charge in [-0.05, 0) is 23.8 Å². The highest BCUT2D eigenvalue weighted by Crippen LogP contribution is 2.39. The van der Waals surface area contributed by atoms with Crippen LogP contribution in [0.5, 0.6) is 17.2 Å². The molecule has 0 bridgehead atoms. The molecule has 1 unspecified atom stereocenters.